The normalized spacial score (nSPS) is 10.5. The lowest BCUT2D eigenvalue weighted by atomic mass is 10.1. The highest BCUT2D eigenvalue weighted by Crippen LogP contribution is 2.24. The number of alkyl halides is 2. The Morgan fingerprint density at radius 1 is 1.47 bits per heavy atom. The summed E-state index contributed by atoms with van der Waals surface area (Å²) in [5.74, 6) is -2.86. The standard InChI is InChI=1S/C9H7F3O3/c1-4-2-6(10)5(8(13)14)3-7(4)15-9(11)12/h2-3,9H,1H3,(H,13,14). The van der Waals surface area contributed by atoms with Crippen LogP contribution < -0.4 is 4.74 Å². The van der Waals surface area contributed by atoms with Crippen LogP contribution in [-0.2, 0) is 0 Å². The Morgan fingerprint density at radius 3 is 2.53 bits per heavy atom. The van der Waals surface area contributed by atoms with Crippen molar-refractivity contribution >= 4 is 5.97 Å². The molecule has 0 heterocycles. The van der Waals surface area contributed by atoms with Gasteiger partial charge in [-0.05, 0) is 24.6 Å². The second-order valence-electron chi connectivity index (χ2n) is 2.78. The van der Waals surface area contributed by atoms with Gasteiger partial charge in [-0.2, -0.15) is 8.78 Å². The van der Waals surface area contributed by atoms with Gasteiger partial charge in [0.2, 0.25) is 0 Å². The summed E-state index contributed by atoms with van der Waals surface area (Å²) in [7, 11) is 0. The van der Waals surface area contributed by atoms with Crippen molar-refractivity contribution in [3.63, 3.8) is 0 Å². The number of ether oxygens (including phenoxy) is 1. The Balaban J connectivity index is 3.17. The molecule has 0 saturated carbocycles. The van der Waals surface area contributed by atoms with Gasteiger partial charge in [-0.3, -0.25) is 0 Å². The Bertz CT molecular complexity index is 390. The molecule has 82 valence electrons. The first kappa shape index (κ1) is 11.4. The molecule has 0 bridgehead atoms. The highest BCUT2D eigenvalue weighted by Gasteiger charge is 2.16. The van der Waals surface area contributed by atoms with Crippen molar-refractivity contribution in [2.24, 2.45) is 0 Å². The van der Waals surface area contributed by atoms with Gasteiger partial charge in [0.25, 0.3) is 0 Å². The predicted molar refractivity (Wildman–Crippen MR) is 44.7 cm³/mol. The first-order valence-corrected chi connectivity index (χ1v) is 3.90. The zero-order chi connectivity index (χ0) is 11.6. The molecule has 15 heavy (non-hydrogen) atoms. The van der Waals surface area contributed by atoms with E-state index in [-0.39, 0.29) is 11.3 Å². The molecule has 0 atom stereocenters. The van der Waals surface area contributed by atoms with Crippen LogP contribution in [-0.4, -0.2) is 17.7 Å². The van der Waals surface area contributed by atoms with Gasteiger partial charge in [-0.25, -0.2) is 9.18 Å². The lowest BCUT2D eigenvalue weighted by Crippen LogP contribution is -2.07. The van der Waals surface area contributed by atoms with E-state index in [9.17, 15) is 18.0 Å². The molecule has 0 saturated heterocycles. The largest absolute Gasteiger partial charge is 0.478 e. The molecule has 3 nitrogen and oxygen atoms in total. The van der Waals surface area contributed by atoms with E-state index in [4.69, 9.17) is 5.11 Å². The molecular formula is C9H7F3O3. The zero-order valence-electron chi connectivity index (χ0n) is 7.63. The van der Waals surface area contributed by atoms with E-state index in [1.807, 2.05) is 0 Å². The minimum atomic E-state index is -3.07. The molecule has 0 radical (unpaired) electrons. The first-order chi connectivity index (χ1) is 6.91. The van der Waals surface area contributed by atoms with Crippen LogP contribution in [0.5, 0.6) is 5.75 Å². The van der Waals surface area contributed by atoms with Gasteiger partial charge in [0, 0.05) is 0 Å². The van der Waals surface area contributed by atoms with E-state index in [0.717, 1.165) is 12.1 Å². The van der Waals surface area contributed by atoms with Crippen molar-refractivity contribution in [3.8, 4) is 5.75 Å². The highest BCUT2D eigenvalue weighted by molar-refractivity contribution is 5.88. The first-order valence-electron chi connectivity index (χ1n) is 3.90. The van der Waals surface area contributed by atoms with Gasteiger partial charge in [-0.15, -0.1) is 0 Å². The van der Waals surface area contributed by atoms with Crippen LogP contribution >= 0.6 is 0 Å². The van der Waals surface area contributed by atoms with Crippen molar-refractivity contribution < 1.29 is 27.8 Å². The Labute approximate surface area is 83.1 Å². The maximum atomic E-state index is 13.0. The van der Waals surface area contributed by atoms with E-state index >= 15 is 0 Å². The molecule has 1 N–H and O–H groups in total. The van der Waals surface area contributed by atoms with E-state index in [2.05, 4.69) is 4.74 Å². The fourth-order valence-electron chi connectivity index (χ4n) is 1.04. The maximum Gasteiger partial charge on any atom is 0.387 e. The molecule has 1 rings (SSSR count). The minimum Gasteiger partial charge on any atom is -0.478 e. The molecule has 0 unspecified atom stereocenters. The third-order valence-corrected chi connectivity index (χ3v) is 1.71. The maximum absolute atomic E-state index is 13.0. The summed E-state index contributed by atoms with van der Waals surface area (Å²) < 4.78 is 40.8. The minimum absolute atomic E-state index is 0.109. The summed E-state index contributed by atoms with van der Waals surface area (Å²) in [5, 5.41) is 8.53. The third kappa shape index (κ3) is 2.61. The van der Waals surface area contributed by atoms with Gasteiger partial charge in [0.15, 0.2) is 0 Å². The van der Waals surface area contributed by atoms with Gasteiger partial charge in [0.05, 0.1) is 5.56 Å². The molecule has 0 aromatic heterocycles. The summed E-state index contributed by atoms with van der Waals surface area (Å²) in [6.07, 6.45) is 0. The molecule has 0 spiro atoms. The number of aryl methyl sites for hydroxylation is 1. The number of hydrogen-bond donors (Lipinski definition) is 1. The SMILES string of the molecule is Cc1cc(F)c(C(=O)O)cc1OC(F)F. The number of rotatable bonds is 3. The summed E-state index contributed by atoms with van der Waals surface area (Å²) >= 11 is 0. The van der Waals surface area contributed by atoms with E-state index in [1.165, 1.54) is 6.92 Å². The Morgan fingerprint density at radius 2 is 2.07 bits per heavy atom. The third-order valence-electron chi connectivity index (χ3n) is 1.71. The Kier molecular flexibility index (Phi) is 3.18. The number of benzene rings is 1. The van der Waals surface area contributed by atoms with Crippen molar-refractivity contribution in [1.29, 1.82) is 0 Å². The summed E-state index contributed by atoms with van der Waals surface area (Å²) in [6, 6.07) is 1.57. The quantitative estimate of drug-likeness (QED) is 0.850. The number of halogens is 3. The molecule has 6 heteroatoms. The molecule has 0 amide bonds. The molecule has 0 aliphatic carbocycles. The van der Waals surface area contributed by atoms with Crippen LogP contribution in [0.3, 0.4) is 0 Å². The van der Waals surface area contributed by atoms with Crippen molar-refractivity contribution in [1.82, 2.24) is 0 Å². The van der Waals surface area contributed by atoms with Crippen LogP contribution in [0.15, 0.2) is 12.1 Å². The van der Waals surface area contributed by atoms with E-state index in [0.29, 0.717) is 0 Å². The highest BCUT2D eigenvalue weighted by atomic mass is 19.3. The second kappa shape index (κ2) is 4.20. The van der Waals surface area contributed by atoms with Crippen LogP contribution in [0.25, 0.3) is 0 Å². The molecule has 0 aliphatic rings. The van der Waals surface area contributed by atoms with Crippen LogP contribution in [0, 0.1) is 12.7 Å². The fraction of sp³-hybridized carbons (Fsp3) is 0.222. The summed E-state index contributed by atoms with van der Waals surface area (Å²) in [5.41, 5.74) is -0.589. The van der Waals surface area contributed by atoms with Crippen LogP contribution in [0.2, 0.25) is 0 Å². The van der Waals surface area contributed by atoms with Crippen molar-refractivity contribution in [2.45, 2.75) is 13.5 Å². The number of carboxylic acid groups (broad SMARTS) is 1. The van der Waals surface area contributed by atoms with E-state index < -0.39 is 24.0 Å². The van der Waals surface area contributed by atoms with Crippen molar-refractivity contribution in [3.05, 3.63) is 29.1 Å². The van der Waals surface area contributed by atoms with E-state index in [1.54, 1.807) is 0 Å². The predicted octanol–water partition coefficient (Wildman–Crippen LogP) is 2.43. The molecule has 1 aromatic rings. The number of hydrogen-bond acceptors (Lipinski definition) is 2. The topological polar surface area (TPSA) is 46.5 Å². The number of carbonyl (C=O) groups is 1. The summed E-state index contributed by atoms with van der Waals surface area (Å²) in [4.78, 5) is 10.5. The Hall–Kier alpha value is -1.72. The fourth-order valence-corrected chi connectivity index (χ4v) is 1.04. The average Bonchev–Trinajstić information content (AvgIpc) is 2.08. The molecule has 1 aromatic carbocycles. The van der Waals surface area contributed by atoms with Gasteiger partial charge in [0.1, 0.15) is 11.6 Å². The van der Waals surface area contributed by atoms with Gasteiger partial charge < -0.3 is 9.84 Å². The lowest BCUT2D eigenvalue weighted by Gasteiger charge is -2.09. The van der Waals surface area contributed by atoms with Gasteiger partial charge >= 0.3 is 12.6 Å². The van der Waals surface area contributed by atoms with Crippen molar-refractivity contribution in [2.75, 3.05) is 0 Å². The second-order valence-corrected chi connectivity index (χ2v) is 2.78. The lowest BCUT2D eigenvalue weighted by molar-refractivity contribution is -0.0504. The van der Waals surface area contributed by atoms with Crippen LogP contribution in [0.1, 0.15) is 15.9 Å². The average molecular weight is 220 g/mol. The monoisotopic (exact) mass is 220 g/mol. The molecule has 0 fully saturated rings. The molecule has 0 aliphatic heterocycles. The molecular weight excluding hydrogens is 213 g/mol. The number of aromatic carboxylic acids is 1. The smallest absolute Gasteiger partial charge is 0.387 e. The number of carboxylic acids is 1. The summed E-state index contributed by atoms with van der Waals surface area (Å²) in [6.45, 7) is -1.73. The zero-order valence-corrected chi connectivity index (χ0v) is 7.63. The van der Waals surface area contributed by atoms with Crippen LogP contribution in [0.4, 0.5) is 13.2 Å². The van der Waals surface area contributed by atoms with Gasteiger partial charge in [-0.1, -0.05) is 0 Å².